The number of H-pyrrole nitrogens is 1. The third kappa shape index (κ3) is 4.16. The Morgan fingerprint density at radius 1 is 1.03 bits per heavy atom. The monoisotopic (exact) mass is 460 g/mol. The van der Waals surface area contributed by atoms with E-state index in [9.17, 15) is 9.59 Å². The molecule has 2 aromatic heterocycles. The van der Waals surface area contributed by atoms with Crippen LogP contribution >= 0.6 is 15.9 Å². The van der Waals surface area contributed by atoms with Crippen molar-refractivity contribution in [2.45, 2.75) is 0 Å². The largest absolute Gasteiger partial charge is 0.366 e. The van der Waals surface area contributed by atoms with Crippen molar-refractivity contribution in [3.05, 3.63) is 94.2 Å². The second-order valence-corrected chi connectivity index (χ2v) is 7.53. The Morgan fingerprint density at radius 3 is 2.47 bits per heavy atom. The maximum absolute atomic E-state index is 12.5. The Kier molecular flexibility index (Phi) is 5.45. The molecule has 4 aromatic rings. The van der Waals surface area contributed by atoms with Crippen LogP contribution in [0.4, 0.5) is 5.69 Å². The molecule has 0 spiro atoms. The number of benzene rings is 2. The van der Waals surface area contributed by atoms with Crippen molar-refractivity contribution in [3.8, 4) is 0 Å². The minimum Gasteiger partial charge on any atom is -0.366 e. The standard InChI is InChI=1S/C23H17BrN4O2/c24-17-8-6-15(7-9-17)23(30)28-18-11-20-16(12-26-22(20)27-13-18)10-19(21(25)29)14-4-2-1-3-5-14/h1-13H,(H2,25,29)(H,26,27)(H,28,30). The van der Waals surface area contributed by atoms with Crippen LogP contribution in [0.15, 0.2) is 77.5 Å². The van der Waals surface area contributed by atoms with Crippen LogP contribution < -0.4 is 11.1 Å². The molecule has 4 N–H and O–H groups in total. The molecule has 6 nitrogen and oxygen atoms in total. The van der Waals surface area contributed by atoms with Gasteiger partial charge in [-0.3, -0.25) is 9.59 Å². The molecule has 4 rings (SSSR count). The summed E-state index contributed by atoms with van der Waals surface area (Å²) in [5, 5.41) is 3.61. The van der Waals surface area contributed by atoms with E-state index in [4.69, 9.17) is 5.73 Å². The number of nitrogens with two attached hydrogens (primary N) is 1. The van der Waals surface area contributed by atoms with Crippen LogP contribution in [0.3, 0.4) is 0 Å². The fraction of sp³-hybridized carbons (Fsp3) is 0. The van der Waals surface area contributed by atoms with E-state index >= 15 is 0 Å². The number of carbonyl (C=O) groups excluding carboxylic acids is 2. The van der Waals surface area contributed by atoms with Gasteiger partial charge in [-0.2, -0.15) is 0 Å². The summed E-state index contributed by atoms with van der Waals surface area (Å²) in [6.45, 7) is 0. The van der Waals surface area contributed by atoms with E-state index in [-0.39, 0.29) is 5.91 Å². The highest BCUT2D eigenvalue weighted by Gasteiger charge is 2.12. The Labute approximate surface area is 181 Å². The first-order chi connectivity index (χ1) is 14.5. The molecule has 0 bridgehead atoms. The highest BCUT2D eigenvalue weighted by atomic mass is 79.9. The molecule has 0 atom stereocenters. The van der Waals surface area contributed by atoms with Crippen molar-refractivity contribution in [2.75, 3.05) is 5.32 Å². The van der Waals surface area contributed by atoms with E-state index in [1.165, 1.54) is 0 Å². The van der Waals surface area contributed by atoms with Gasteiger partial charge in [0.05, 0.1) is 11.9 Å². The first-order valence-electron chi connectivity index (χ1n) is 9.12. The van der Waals surface area contributed by atoms with Gasteiger partial charge in [0.2, 0.25) is 5.91 Å². The molecule has 0 radical (unpaired) electrons. The summed E-state index contributed by atoms with van der Waals surface area (Å²) in [6.07, 6.45) is 5.05. The molecule has 30 heavy (non-hydrogen) atoms. The topological polar surface area (TPSA) is 101 Å². The molecule has 2 heterocycles. The summed E-state index contributed by atoms with van der Waals surface area (Å²) in [5.74, 6) is -0.762. The Balaban J connectivity index is 1.68. The van der Waals surface area contributed by atoms with Gasteiger partial charge in [-0.05, 0) is 42.0 Å². The number of anilines is 1. The fourth-order valence-electron chi connectivity index (χ4n) is 3.09. The number of hydrogen-bond acceptors (Lipinski definition) is 3. The molecule has 0 unspecified atom stereocenters. The number of fused-ring (bicyclic) bond motifs is 1. The van der Waals surface area contributed by atoms with E-state index in [2.05, 4.69) is 31.2 Å². The zero-order valence-electron chi connectivity index (χ0n) is 15.7. The third-order valence-electron chi connectivity index (χ3n) is 4.58. The van der Waals surface area contributed by atoms with Gasteiger partial charge < -0.3 is 16.0 Å². The van der Waals surface area contributed by atoms with Crippen molar-refractivity contribution in [1.82, 2.24) is 9.97 Å². The smallest absolute Gasteiger partial charge is 0.255 e. The van der Waals surface area contributed by atoms with E-state index in [0.717, 1.165) is 21.0 Å². The zero-order chi connectivity index (χ0) is 21.1. The quantitative estimate of drug-likeness (QED) is 0.379. The van der Waals surface area contributed by atoms with E-state index in [1.807, 2.05) is 36.4 Å². The van der Waals surface area contributed by atoms with Crippen LogP contribution in [0.5, 0.6) is 0 Å². The maximum Gasteiger partial charge on any atom is 0.255 e. The molecule has 7 heteroatoms. The number of pyridine rings is 1. The number of nitrogens with one attached hydrogen (secondary N) is 2. The third-order valence-corrected chi connectivity index (χ3v) is 5.11. The van der Waals surface area contributed by atoms with Crippen molar-refractivity contribution in [2.24, 2.45) is 5.73 Å². The molecular formula is C23H17BrN4O2. The summed E-state index contributed by atoms with van der Waals surface area (Å²) in [6, 6.07) is 18.1. The second kappa shape index (κ2) is 8.34. The fourth-order valence-corrected chi connectivity index (χ4v) is 3.35. The molecular weight excluding hydrogens is 444 g/mol. The van der Waals surface area contributed by atoms with Gasteiger partial charge in [0, 0.05) is 32.8 Å². The van der Waals surface area contributed by atoms with Gasteiger partial charge in [0.25, 0.3) is 5.91 Å². The molecule has 0 saturated heterocycles. The average Bonchev–Trinajstić information content (AvgIpc) is 3.15. The molecule has 0 aliphatic rings. The average molecular weight is 461 g/mol. The van der Waals surface area contributed by atoms with Gasteiger partial charge in [-0.25, -0.2) is 4.98 Å². The molecule has 2 aromatic carbocycles. The first-order valence-corrected chi connectivity index (χ1v) is 9.91. The van der Waals surface area contributed by atoms with Gasteiger partial charge >= 0.3 is 0 Å². The number of amides is 2. The Morgan fingerprint density at radius 2 is 1.77 bits per heavy atom. The lowest BCUT2D eigenvalue weighted by Crippen LogP contribution is -2.12. The van der Waals surface area contributed by atoms with Crippen molar-refractivity contribution in [3.63, 3.8) is 0 Å². The summed E-state index contributed by atoms with van der Waals surface area (Å²) in [5.41, 5.74) is 9.19. The van der Waals surface area contributed by atoms with Crippen LogP contribution in [-0.2, 0) is 4.79 Å². The van der Waals surface area contributed by atoms with Gasteiger partial charge in [0.1, 0.15) is 5.65 Å². The van der Waals surface area contributed by atoms with E-state index in [0.29, 0.717) is 22.5 Å². The minimum absolute atomic E-state index is 0.238. The van der Waals surface area contributed by atoms with Gasteiger partial charge in [0.15, 0.2) is 0 Å². The molecule has 0 fully saturated rings. The molecule has 0 aliphatic heterocycles. The maximum atomic E-state index is 12.5. The summed E-state index contributed by atoms with van der Waals surface area (Å²) < 4.78 is 0.898. The molecule has 0 saturated carbocycles. The number of halogens is 1. The van der Waals surface area contributed by atoms with Crippen molar-refractivity contribution in [1.29, 1.82) is 0 Å². The van der Waals surface area contributed by atoms with E-state index < -0.39 is 5.91 Å². The number of aromatic nitrogens is 2. The highest BCUT2D eigenvalue weighted by molar-refractivity contribution is 9.10. The molecule has 148 valence electrons. The van der Waals surface area contributed by atoms with Crippen LogP contribution in [0.2, 0.25) is 0 Å². The minimum atomic E-state index is -0.525. The van der Waals surface area contributed by atoms with Crippen LogP contribution in [0.25, 0.3) is 22.7 Å². The zero-order valence-corrected chi connectivity index (χ0v) is 17.3. The molecule has 2 amide bonds. The summed E-state index contributed by atoms with van der Waals surface area (Å²) in [4.78, 5) is 32.0. The number of carbonyl (C=O) groups is 2. The lowest BCUT2D eigenvalue weighted by molar-refractivity contribution is -0.112. The SMILES string of the molecule is NC(=O)C(=Cc1c[nH]c2ncc(NC(=O)c3ccc(Br)cc3)cc12)c1ccccc1. The number of rotatable bonds is 5. The van der Waals surface area contributed by atoms with Gasteiger partial charge in [-0.15, -0.1) is 0 Å². The first kappa shape index (κ1) is 19.6. The van der Waals surface area contributed by atoms with E-state index in [1.54, 1.807) is 42.7 Å². The number of nitrogens with zero attached hydrogens (tertiary/aromatic N) is 1. The van der Waals surface area contributed by atoms with Crippen LogP contribution in [0.1, 0.15) is 21.5 Å². The predicted octanol–water partition coefficient (Wildman–Crippen LogP) is 4.60. The number of primary amides is 1. The highest BCUT2D eigenvalue weighted by Crippen LogP contribution is 2.25. The van der Waals surface area contributed by atoms with Crippen LogP contribution in [0, 0.1) is 0 Å². The lowest BCUT2D eigenvalue weighted by atomic mass is 10.0. The van der Waals surface area contributed by atoms with Gasteiger partial charge in [-0.1, -0.05) is 46.3 Å². The van der Waals surface area contributed by atoms with Crippen LogP contribution in [-0.4, -0.2) is 21.8 Å². The van der Waals surface area contributed by atoms with Crippen molar-refractivity contribution >= 4 is 56.1 Å². The normalized spacial score (nSPS) is 11.4. The van der Waals surface area contributed by atoms with Crippen molar-refractivity contribution < 1.29 is 9.59 Å². The Bertz CT molecular complexity index is 1260. The second-order valence-electron chi connectivity index (χ2n) is 6.61. The summed E-state index contributed by atoms with van der Waals surface area (Å²) >= 11 is 3.36. The number of aromatic amines is 1. The summed E-state index contributed by atoms with van der Waals surface area (Å²) in [7, 11) is 0. The lowest BCUT2D eigenvalue weighted by Gasteiger charge is -2.06. The predicted molar refractivity (Wildman–Crippen MR) is 122 cm³/mol. The Hall–Kier alpha value is -3.71. The number of hydrogen-bond donors (Lipinski definition) is 3. The molecule has 0 aliphatic carbocycles.